The monoisotopic (exact) mass is 268 g/mol. The van der Waals surface area contributed by atoms with E-state index >= 15 is 0 Å². The lowest BCUT2D eigenvalue weighted by Gasteiger charge is -2.06. The Morgan fingerprint density at radius 2 is 1.60 bits per heavy atom. The molecule has 2 aromatic carbocycles. The summed E-state index contributed by atoms with van der Waals surface area (Å²) in [6, 6.07) is 16.9. The van der Waals surface area contributed by atoms with E-state index in [-0.39, 0.29) is 5.91 Å². The minimum Gasteiger partial charge on any atom is -0.329 e. The fourth-order valence-electron chi connectivity index (χ4n) is 1.84. The molecule has 0 heterocycles. The summed E-state index contributed by atoms with van der Waals surface area (Å²) in [5.41, 5.74) is 2.56. The summed E-state index contributed by atoms with van der Waals surface area (Å²) in [4.78, 5) is 22.1. The van der Waals surface area contributed by atoms with Crippen LogP contribution in [0.4, 0.5) is 11.4 Å². The summed E-state index contributed by atoms with van der Waals surface area (Å²) in [5, 5.41) is 5.37. The number of carbonyl (C=O) groups excluding carboxylic acids is 2. The van der Waals surface area contributed by atoms with Gasteiger partial charge >= 0.3 is 0 Å². The van der Waals surface area contributed by atoms with Crippen LogP contribution in [0.15, 0.2) is 54.6 Å². The highest BCUT2D eigenvalue weighted by molar-refractivity contribution is 5.91. The highest BCUT2D eigenvalue weighted by atomic mass is 16.1. The van der Waals surface area contributed by atoms with Crippen molar-refractivity contribution in [1.29, 1.82) is 0 Å². The highest BCUT2D eigenvalue weighted by Gasteiger charge is 2.03. The van der Waals surface area contributed by atoms with E-state index in [2.05, 4.69) is 10.6 Å². The zero-order valence-corrected chi connectivity index (χ0v) is 11.0. The fraction of sp³-hybridized carbons (Fsp3) is 0.125. The molecule has 2 rings (SSSR count). The van der Waals surface area contributed by atoms with Gasteiger partial charge in [-0.25, -0.2) is 0 Å². The molecule has 20 heavy (non-hydrogen) atoms. The van der Waals surface area contributed by atoms with Crippen LogP contribution in [0.5, 0.6) is 0 Å². The second-order valence-electron chi connectivity index (χ2n) is 4.37. The summed E-state index contributed by atoms with van der Waals surface area (Å²) >= 11 is 0. The number of rotatable bonds is 6. The smallest absolute Gasteiger partial charge is 0.224 e. The van der Waals surface area contributed by atoms with Crippen LogP contribution in [0.1, 0.15) is 12.0 Å². The van der Waals surface area contributed by atoms with E-state index in [1.54, 1.807) is 24.3 Å². The van der Waals surface area contributed by atoms with Crippen LogP contribution in [0.2, 0.25) is 0 Å². The average molecular weight is 268 g/mol. The zero-order valence-electron chi connectivity index (χ0n) is 11.0. The number of anilines is 2. The van der Waals surface area contributed by atoms with Gasteiger partial charge in [-0.05, 0) is 36.2 Å². The maximum absolute atomic E-state index is 11.8. The first kappa shape index (κ1) is 13.8. The van der Waals surface area contributed by atoms with Crippen molar-refractivity contribution in [2.75, 3.05) is 10.6 Å². The molecule has 0 aliphatic rings. The average Bonchev–Trinajstić information content (AvgIpc) is 2.49. The molecule has 0 spiro atoms. The molecule has 0 saturated carbocycles. The number of nitrogens with one attached hydrogen (secondary N) is 2. The Bertz CT molecular complexity index is 565. The van der Waals surface area contributed by atoms with Crippen LogP contribution < -0.4 is 10.6 Å². The van der Waals surface area contributed by atoms with Gasteiger partial charge in [-0.1, -0.05) is 30.3 Å². The molecule has 2 amide bonds. The first-order chi connectivity index (χ1) is 9.78. The van der Waals surface area contributed by atoms with Crippen LogP contribution in [0.25, 0.3) is 0 Å². The summed E-state index contributed by atoms with van der Waals surface area (Å²) in [7, 11) is 0. The van der Waals surface area contributed by atoms with Gasteiger partial charge in [0.15, 0.2) is 0 Å². The van der Waals surface area contributed by atoms with Gasteiger partial charge < -0.3 is 10.6 Å². The largest absolute Gasteiger partial charge is 0.329 e. The fourth-order valence-corrected chi connectivity index (χ4v) is 1.84. The Hall–Kier alpha value is -2.62. The lowest BCUT2D eigenvalue weighted by molar-refractivity contribution is -0.116. The van der Waals surface area contributed by atoms with Gasteiger partial charge in [0, 0.05) is 17.8 Å². The van der Waals surface area contributed by atoms with Crippen molar-refractivity contribution < 1.29 is 9.59 Å². The number of amides is 2. The second-order valence-corrected chi connectivity index (χ2v) is 4.37. The van der Waals surface area contributed by atoms with Crippen LogP contribution in [0, 0.1) is 0 Å². The minimum atomic E-state index is -0.0232. The molecule has 0 unspecified atom stereocenters. The van der Waals surface area contributed by atoms with E-state index in [0.717, 1.165) is 17.7 Å². The topological polar surface area (TPSA) is 58.2 Å². The van der Waals surface area contributed by atoms with Crippen molar-refractivity contribution >= 4 is 23.7 Å². The lowest BCUT2D eigenvalue weighted by Crippen LogP contribution is -2.12. The molecule has 4 nitrogen and oxygen atoms in total. The van der Waals surface area contributed by atoms with Gasteiger partial charge in [0.25, 0.3) is 0 Å². The summed E-state index contributed by atoms with van der Waals surface area (Å²) in [5.74, 6) is -0.0232. The predicted molar refractivity (Wildman–Crippen MR) is 79.5 cm³/mol. The number of benzene rings is 2. The van der Waals surface area contributed by atoms with Crippen LogP contribution >= 0.6 is 0 Å². The first-order valence-electron chi connectivity index (χ1n) is 6.42. The van der Waals surface area contributed by atoms with Crippen LogP contribution in [-0.2, 0) is 16.0 Å². The molecule has 0 atom stereocenters. The molecule has 2 N–H and O–H groups in total. The highest BCUT2D eigenvalue weighted by Crippen LogP contribution is 2.13. The van der Waals surface area contributed by atoms with E-state index in [9.17, 15) is 9.59 Å². The SMILES string of the molecule is O=CNc1ccc(NC(=O)CCc2ccccc2)cc1. The maximum atomic E-state index is 11.8. The quantitative estimate of drug-likeness (QED) is 0.791. The van der Waals surface area contributed by atoms with Crippen molar-refractivity contribution in [2.45, 2.75) is 12.8 Å². The van der Waals surface area contributed by atoms with Crippen molar-refractivity contribution in [3.8, 4) is 0 Å². The maximum Gasteiger partial charge on any atom is 0.224 e. The van der Waals surface area contributed by atoms with Crippen molar-refractivity contribution in [2.24, 2.45) is 0 Å². The van der Waals surface area contributed by atoms with E-state index in [0.29, 0.717) is 18.5 Å². The Balaban J connectivity index is 1.83. The number of aryl methyl sites for hydroxylation is 1. The second kappa shape index (κ2) is 7.09. The molecule has 0 radical (unpaired) electrons. The Morgan fingerprint density at radius 3 is 2.25 bits per heavy atom. The number of carbonyl (C=O) groups is 2. The molecule has 0 aliphatic heterocycles. The molecule has 2 aromatic rings. The van der Waals surface area contributed by atoms with E-state index < -0.39 is 0 Å². The summed E-state index contributed by atoms with van der Waals surface area (Å²) in [6.07, 6.45) is 1.78. The molecule has 0 saturated heterocycles. The van der Waals surface area contributed by atoms with Gasteiger partial charge in [0.05, 0.1) is 0 Å². The molecular formula is C16H16N2O2. The first-order valence-corrected chi connectivity index (χ1v) is 6.42. The van der Waals surface area contributed by atoms with Gasteiger partial charge in [0.2, 0.25) is 12.3 Å². The lowest BCUT2D eigenvalue weighted by atomic mass is 10.1. The molecule has 4 heteroatoms. The van der Waals surface area contributed by atoms with Crippen molar-refractivity contribution in [3.63, 3.8) is 0 Å². The normalized spacial score (nSPS) is 9.80. The third-order valence-electron chi connectivity index (χ3n) is 2.88. The van der Waals surface area contributed by atoms with Crippen LogP contribution in [-0.4, -0.2) is 12.3 Å². The molecule has 0 aromatic heterocycles. The minimum absolute atomic E-state index is 0.0232. The van der Waals surface area contributed by atoms with Crippen molar-refractivity contribution in [1.82, 2.24) is 0 Å². The molecular weight excluding hydrogens is 252 g/mol. The van der Waals surface area contributed by atoms with E-state index in [1.807, 2.05) is 30.3 Å². The van der Waals surface area contributed by atoms with Crippen molar-refractivity contribution in [3.05, 3.63) is 60.2 Å². The van der Waals surface area contributed by atoms with E-state index in [4.69, 9.17) is 0 Å². The third-order valence-corrected chi connectivity index (χ3v) is 2.88. The van der Waals surface area contributed by atoms with Gasteiger partial charge in [-0.2, -0.15) is 0 Å². The molecule has 0 aliphatic carbocycles. The van der Waals surface area contributed by atoms with Gasteiger partial charge in [0.1, 0.15) is 0 Å². The predicted octanol–water partition coefficient (Wildman–Crippen LogP) is 2.83. The van der Waals surface area contributed by atoms with Gasteiger partial charge in [-0.15, -0.1) is 0 Å². The summed E-state index contributed by atoms with van der Waals surface area (Å²) in [6.45, 7) is 0. The van der Waals surface area contributed by atoms with E-state index in [1.165, 1.54) is 0 Å². The standard InChI is InChI=1S/C16H16N2O2/c19-12-17-14-7-9-15(10-8-14)18-16(20)11-6-13-4-2-1-3-5-13/h1-5,7-10,12H,6,11H2,(H,17,19)(H,18,20). The molecule has 102 valence electrons. The molecule has 0 bridgehead atoms. The number of hydrogen-bond donors (Lipinski definition) is 2. The Kier molecular flexibility index (Phi) is 4.89. The van der Waals surface area contributed by atoms with Gasteiger partial charge in [-0.3, -0.25) is 9.59 Å². The molecule has 0 fully saturated rings. The summed E-state index contributed by atoms with van der Waals surface area (Å²) < 4.78 is 0. The zero-order chi connectivity index (χ0) is 14.2. The Morgan fingerprint density at radius 1 is 0.950 bits per heavy atom. The van der Waals surface area contributed by atoms with Crippen LogP contribution in [0.3, 0.4) is 0 Å². The Labute approximate surface area is 117 Å². The number of hydrogen-bond acceptors (Lipinski definition) is 2. The third kappa shape index (κ3) is 4.24.